The summed E-state index contributed by atoms with van der Waals surface area (Å²) in [6, 6.07) is 7.02. The van der Waals surface area contributed by atoms with Crippen LogP contribution in [0.4, 0.5) is 4.39 Å². The molecule has 0 aliphatic rings. The van der Waals surface area contributed by atoms with E-state index in [2.05, 4.69) is 19.2 Å². The monoisotopic (exact) mass is 309 g/mol. The summed E-state index contributed by atoms with van der Waals surface area (Å²) in [5.41, 5.74) is 1.94. The predicted molar refractivity (Wildman–Crippen MR) is 84.2 cm³/mol. The molecule has 0 saturated carbocycles. The van der Waals surface area contributed by atoms with Crippen LogP contribution in [0.5, 0.6) is 0 Å². The molecule has 4 heteroatoms. The van der Waals surface area contributed by atoms with Crippen molar-refractivity contribution in [1.29, 1.82) is 0 Å². The largest absolute Gasteiger partial charge is 0.469 e. The Balaban J connectivity index is 2.26. The third-order valence-corrected chi connectivity index (χ3v) is 4.00. The van der Waals surface area contributed by atoms with Gasteiger partial charge in [-0.3, -0.25) is 0 Å². The minimum Gasteiger partial charge on any atom is -0.469 e. The van der Waals surface area contributed by atoms with Gasteiger partial charge in [0.15, 0.2) is 0 Å². The summed E-state index contributed by atoms with van der Waals surface area (Å²) in [7, 11) is 0. The van der Waals surface area contributed by atoms with Crippen LogP contribution in [0, 0.1) is 5.82 Å². The van der Waals surface area contributed by atoms with Crippen molar-refractivity contribution < 1.29 is 8.81 Å². The van der Waals surface area contributed by atoms with Gasteiger partial charge in [0.2, 0.25) is 0 Å². The zero-order valence-electron chi connectivity index (χ0n) is 12.5. The van der Waals surface area contributed by atoms with E-state index in [-0.39, 0.29) is 16.9 Å². The van der Waals surface area contributed by atoms with E-state index < -0.39 is 0 Å². The number of benzene rings is 1. The fourth-order valence-electron chi connectivity index (χ4n) is 2.49. The van der Waals surface area contributed by atoms with Crippen molar-refractivity contribution in [3.05, 3.63) is 58.3 Å². The molecule has 0 aliphatic carbocycles. The molecule has 0 radical (unpaired) electrons. The number of halogens is 2. The Morgan fingerprint density at radius 1 is 1.29 bits per heavy atom. The van der Waals surface area contributed by atoms with Gasteiger partial charge >= 0.3 is 0 Å². The lowest BCUT2D eigenvalue weighted by Gasteiger charge is -2.19. The molecule has 1 N–H and O–H groups in total. The van der Waals surface area contributed by atoms with Crippen LogP contribution < -0.4 is 5.32 Å². The Bertz CT molecular complexity index is 582. The molecule has 0 bridgehead atoms. The van der Waals surface area contributed by atoms with Crippen molar-refractivity contribution in [2.45, 2.75) is 39.2 Å². The minimum absolute atomic E-state index is 0.0814. The highest BCUT2D eigenvalue weighted by Crippen LogP contribution is 2.28. The van der Waals surface area contributed by atoms with Crippen molar-refractivity contribution in [2.24, 2.45) is 0 Å². The van der Waals surface area contributed by atoms with Gasteiger partial charge in [0.1, 0.15) is 11.6 Å². The third-order valence-electron chi connectivity index (χ3n) is 3.57. The zero-order chi connectivity index (χ0) is 15.2. The topological polar surface area (TPSA) is 25.2 Å². The van der Waals surface area contributed by atoms with Gasteiger partial charge in [-0.1, -0.05) is 37.6 Å². The van der Waals surface area contributed by atoms with Crippen LogP contribution in [0.2, 0.25) is 5.02 Å². The number of hydrogen-bond donors (Lipinski definition) is 1. The van der Waals surface area contributed by atoms with Crippen LogP contribution in [0.3, 0.4) is 0 Å². The van der Waals surface area contributed by atoms with Crippen LogP contribution in [0.15, 0.2) is 34.9 Å². The normalized spacial score (nSPS) is 12.6. The summed E-state index contributed by atoms with van der Waals surface area (Å²) in [5, 5.41) is 3.71. The van der Waals surface area contributed by atoms with Crippen molar-refractivity contribution in [3.8, 4) is 0 Å². The molecule has 0 fully saturated rings. The first-order valence-electron chi connectivity index (χ1n) is 7.39. The first kappa shape index (κ1) is 16.1. The van der Waals surface area contributed by atoms with Gasteiger partial charge in [-0.25, -0.2) is 4.39 Å². The van der Waals surface area contributed by atoms with Gasteiger partial charge in [0, 0.05) is 18.0 Å². The van der Waals surface area contributed by atoms with E-state index in [9.17, 15) is 4.39 Å². The molecule has 1 aromatic heterocycles. The van der Waals surface area contributed by atoms with E-state index in [4.69, 9.17) is 16.0 Å². The number of nitrogens with one attached hydrogen (secondary N) is 1. The summed E-state index contributed by atoms with van der Waals surface area (Å²) in [6.45, 7) is 5.08. The van der Waals surface area contributed by atoms with E-state index >= 15 is 0 Å². The standard InChI is InChI=1S/C17H21ClFNO/c1-3-9-20-15(13-8-10-21-16(13)4-2)11-12-6-5-7-14(19)17(12)18/h5-8,10,15,20H,3-4,9,11H2,1-2H3. The average Bonchev–Trinajstić information content (AvgIpc) is 2.96. The van der Waals surface area contributed by atoms with Crippen LogP contribution in [0.25, 0.3) is 0 Å². The molecule has 1 unspecified atom stereocenters. The lowest BCUT2D eigenvalue weighted by Crippen LogP contribution is -2.24. The number of aryl methyl sites for hydroxylation is 1. The molecular weight excluding hydrogens is 289 g/mol. The summed E-state index contributed by atoms with van der Waals surface area (Å²) < 4.78 is 19.1. The lowest BCUT2D eigenvalue weighted by atomic mass is 9.98. The van der Waals surface area contributed by atoms with E-state index in [0.29, 0.717) is 6.42 Å². The Hall–Kier alpha value is -1.32. The van der Waals surface area contributed by atoms with Crippen LogP contribution >= 0.6 is 11.6 Å². The summed E-state index contributed by atoms with van der Waals surface area (Å²) >= 11 is 6.08. The van der Waals surface area contributed by atoms with E-state index in [1.54, 1.807) is 12.3 Å². The van der Waals surface area contributed by atoms with Gasteiger partial charge in [-0.15, -0.1) is 0 Å². The van der Waals surface area contributed by atoms with Crippen molar-refractivity contribution in [2.75, 3.05) is 6.54 Å². The quantitative estimate of drug-likeness (QED) is 0.785. The molecule has 114 valence electrons. The molecular formula is C17H21ClFNO. The Morgan fingerprint density at radius 3 is 2.81 bits per heavy atom. The highest BCUT2D eigenvalue weighted by atomic mass is 35.5. The SMILES string of the molecule is CCCNC(Cc1cccc(F)c1Cl)c1ccoc1CC. The fraction of sp³-hybridized carbons (Fsp3) is 0.412. The van der Waals surface area contributed by atoms with E-state index in [0.717, 1.165) is 36.3 Å². The molecule has 0 saturated heterocycles. The first-order chi connectivity index (χ1) is 10.2. The van der Waals surface area contributed by atoms with Gasteiger partial charge in [0.25, 0.3) is 0 Å². The van der Waals surface area contributed by atoms with Gasteiger partial charge < -0.3 is 9.73 Å². The molecule has 0 spiro atoms. The summed E-state index contributed by atoms with van der Waals surface area (Å²) in [4.78, 5) is 0. The molecule has 0 amide bonds. The fourth-order valence-corrected chi connectivity index (χ4v) is 2.69. The second-order valence-electron chi connectivity index (χ2n) is 5.08. The van der Waals surface area contributed by atoms with Crippen molar-refractivity contribution >= 4 is 11.6 Å². The maximum absolute atomic E-state index is 13.6. The third kappa shape index (κ3) is 3.86. The Labute approximate surface area is 130 Å². The molecule has 2 rings (SSSR count). The highest BCUT2D eigenvalue weighted by Gasteiger charge is 2.19. The highest BCUT2D eigenvalue weighted by molar-refractivity contribution is 6.31. The maximum Gasteiger partial charge on any atom is 0.142 e. The minimum atomic E-state index is -0.369. The smallest absolute Gasteiger partial charge is 0.142 e. The van der Waals surface area contributed by atoms with Crippen LogP contribution in [-0.2, 0) is 12.8 Å². The van der Waals surface area contributed by atoms with Crippen LogP contribution in [-0.4, -0.2) is 6.54 Å². The van der Waals surface area contributed by atoms with Gasteiger partial charge in [0.05, 0.1) is 11.3 Å². The lowest BCUT2D eigenvalue weighted by molar-refractivity contribution is 0.481. The molecule has 21 heavy (non-hydrogen) atoms. The molecule has 2 nitrogen and oxygen atoms in total. The van der Waals surface area contributed by atoms with Gasteiger partial charge in [-0.05, 0) is 37.1 Å². The zero-order valence-corrected chi connectivity index (χ0v) is 13.2. The summed E-state index contributed by atoms with van der Waals surface area (Å²) in [5.74, 6) is 0.599. The molecule has 2 aromatic rings. The predicted octanol–water partition coefficient (Wildman–Crippen LogP) is 4.92. The maximum atomic E-state index is 13.6. The number of furan rings is 1. The molecule has 1 atom stereocenters. The first-order valence-corrected chi connectivity index (χ1v) is 7.77. The van der Waals surface area contributed by atoms with E-state index in [1.807, 2.05) is 12.1 Å². The number of rotatable bonds is 7. The molecule has 1 aromatic carbocycles. The summed E-state index contributed by atoms with van der Waals surface area (Å²) in [6.07, 6.45) is 4.22. The van der Waals surface area contributed by atoms with Crippen LogP contribution in [0.1, 0.15) is 43.2 Å². The van der Waals surface area contributed by atoms with Gasteiger partial charge in [-0.2, -0.15) is 0 Å². The average molecular weight is 310 g/mol. The van der Waals surface area contributed by atoms with Crippen molar-refractivity contribution in [3.63, 3.8) is 0 Å². The van der Waals surface area contributed by atoms with Crippen molar-refractivity contribution in [1.82, 2.24) is 5.32 Å². The Morgan fingerprint density at radius 2 is 2.10 bits per heavy atom. The Kier molecular flexibility index (Phi) is 5.83. The second kappa shape index (κ2) is 7.62. The molecule has 0 aliphatic heterocycles. The van der Waals surface area contributed by atoms with E-state index in [1.165, 1.54) is 6.07 Å². The molecule has 1 heterocycles. The second-order valence-corrected chi connectivity index (χ2v) is 5.45. The number of hydrogen-bond acceptors (Lipinski definition) is 2.